The van der Waals surface area contributed by atoms with Gasteiger partial charge in [0.15, 0.2) is 0 Å². The van der Waals surface area contributed by atoms with Crippen LogP contribution in [0.1, 0.15) is 11.1 Å². The lowest BCUT2D eigenvalue weighted by Gasteiger charge is -2.05. The van der Waals surface area contributed by atoms with Crippen molar-refractivity contribution < 1.29 is 0 Å². The van der Waals surface area contributed by atoms with Crippen LogP contribution in [0.25, 0.3) is 5.65 Å². The molecule has 0 aliphatic carbocycles. The molecule has 0 N–H and O–H groups in total. The monoisotopic (exact) mass is 282 g/mol. The summed E-state index contributed by atoms with van der Waals surface area (Å²) >= 11 is 1.46. The first-order chi connectivity index (χ1) is 9.63. The molecule has 2 aromatic heterocycles. The molecule has 0 fully saturated rings. The number of nitrogens with zero attached hydrogens (tertiary/aromatic N) is 2. The predicted octanol–water partition coefficient (Wildman–Crippen LogP) is 3.46. The van der Waals surface area contributed by atoms with Crippen molar-refractivity contribution >= 4 is 17.4 Å². The Hall–Kier alpha value is -2.07. The lowest BCUT2D eigenvalue weighted by atomic mass is 10.2. The molecule has 0 saturated heterocycles. The van der Waals surface area contributed by atoms with Gasteiger partial charge >= 0.3 is 0 Å². The van der Waals surface area contributed by atoms with Crippen LogP contribution in [-0.2, 0) is 0 Å². The van der Waals surface area contributed by atoms with Gasteiger partial charge in [0.25, 0.3) is 5.56 Å². The van der Waals surface area contributed by atoms with Gasteiger partial charge in [-0.15, -0.1) is 0 Å². The van der Waals surface area contributed by atoms with Crippen molar-refractivity contribution in [1.29, 1.82) is 0 Å². The van der Waals surface area contributed by atoms with E-state index in [2.05, 4.69) is 37.0 Å². The van der Waals surface area contributed by atoms with E-state index < -0.39 is 0 Å². The maximum absolute atomic E-state index is 12.4. The average Bonchev–Trinajstić information content (AvgIpc) is 2.41. The summed E-state index contributed by atoms with van der Waals surface area (Å²) in [5, 5.41) is 0. The van der Waals surface area contributed by atoms with Crippen molar-refractivity contribution in [3.63, 3.8) is 0 Å². The van der Waals surface area contributed by atoms with E-state index in [0.29, 0.717) is 10.5 Å². The first-order valence-corrected chi connectivity index (χ1v) is 7.18. The number of aryl methyl sites for hydroxylation is 2. The van der Waals surface area contributed by atoms with Crippen LogP contribution in [0, 0.1) is 13.8 Å². The number of hydrogen-bond acceptors (Lipinski definition) is 3. The summed E-state index contributed by atoms with van der Waals surface area (Å²) in [5.74, 6) is 0. The van der Waals surface area contributed by atoms with Crippen LogP contribution < -0.4 is 5.56 Å². The highest BCUT2D eigenvalue weighted by Crippen LogP contribution is 2.26. The number of benzene rings is 1. The van der Waals surface area contributed by atoms with Gasteiger partial charge in [-0.25, -0.2) is 4.98 Å². The Morgan fingerprint density at radius 3 is 2.60 bits per heavy atom. The van der Waals surface area contributed by atoms with Crippen LogP contribution in [0.4, 0.5) is 0 Å². The summed E-state index contributed by atoms with van der Waals surface area (Å²) in [6.07, 6.45) is 3.40. The number of fused-ring (bicyclic) bond motifs is 1. The zero-order chi connectivity index (χ0) is 14.1. The topological polar surface area (TPSA) is 34.4 Å². The molecular formula is C16H14N2OS. The Kier molecular flexibility index (Phi) is 3.32. The molecule has 0 saturated carbocycles. The summed E-state index contributed by atoms with van der Waals surface area (Å²) in [7, 11) is 0. The van der Waals surface area contributed by atoms with Crippen LogP contribution in [0.15, 0.2) is 63.4 Å². The molecule has 3 rings (SSSR count). The minimum atomic E-state index is -0.0280. The molecule has 3 aromatic rings. The smallest absolute Gasteiger partial charge is 0.268 e. The van der Waals surface area contributed by atoms with E-state index in [0.717, 1.165) is 4.90 Å². The number of rotatable bonds is 2. The van der Waals surface area contributed by atoms with E-state index >= 15 is 0 Å². The van der Waals surface area contributed by atoms with Gasteiger partial charge in [-0.2, -0.15) is 0 Å². The zero-order valence-electron chi connectivity index (χ0n) is 11.3. The third-order valence-corrected chi connectivity index (χ3v) is 3.98. The SMILES string of the molecule is Cc1cc(C)cc(Sc2cnc3ccccn3c2=O)c1. The summed E-state index contributed by atoms with van der Waals surface area (Å²) in [5.41, 5.74) is 3.03. The van der Waals surface area contributed by atoms with Crippen molar-refractivity contribution in [3.8, 4) is 0 Å². The molecule has 2 heterocycles. The molecule has 0 aliphatic heterocycles. The van der Waals surface area contributed by atoms with Crippen molar-refractivity contribution in [2.24, 2.45) is 0 Å². The summed E-state index contributed by atoms with van der Waals surface area (Å²) in [4.78, 5) is 18.4. The zero-order valence-corrected chi connectivity index (χ0v) is 12.1. The fraction of sp³-hybridized carbons (Fsp3) is 0.125. The molecule has 20 heavy (non-hydrogen) atoms. The van der Waals surface area contributed by atoms with Gasteiger partial charge in [-0.05, 0) is 49.2 Å². The molecule has 0 atom stereocenters. The highest BCUT2D eigenvalue weighted by molar-refractivity contribution is 7.99. The highest BCUT2D eigenvalue weighted by Gasteiger charge is 2.07. The maximum atomic E-state index is 12.4. The van der Waals surface area contributed by atoms with E-state index in [-0.39, 0.29) is 5.56 Å². The van der Waals surface area contributed by atoms with Gasteiger partial charge in [-0.1, -0.05) is 23.9 Å². The third-order valence-electron chi connectivity index (χ3n) is 3.01. The Labute approximate surface area is 121 Å². The molecule has 100 valence electrons. The second kappa shape index (κ2) is 5.13. The third kappa shape index (κ3) is 2.47. The van der Waals surface area contributed by atoms with Crippen LogP contribution >= 0.6 is 11.8 Å². The number of pyridine rings is 1. The van der Waals surface area contributed by atoms with Crippen molar-refractivity contribution in [3.05, 3.63) is 70.3 Å². The largest absolute Gasteiger partial charge is 0.271 e. The molecule has 0 aliphatic rings. The highest BCUT2D eigenvalue weighted by atomic mass is 32.2. The van der Waals surface area contributed by atoms with Crippen LogP contribution in [0.3, 0.4) is 0 Å². The fourth-order valence-corrected chi connectivity index (χ4v) is 3.23. The second-order valence-corrected chi connectivity index (χ2v) is 5.90. The summed E-state index contributed by atoms with van der Waals surface area (Å²) in [6.45, 7) is 4.12. The minimum Gasteiger partial charge on any atom is -0.268 e. The van der Waals surface area contributed by atoms with E-state index in [4.69, 9.17) is 0 Å². The molecular weight excluding hydrogens is 268 g/mol. The average molecular weight is 282 g/mol. The van der Waals surface area contributed by atoms with E-state index in [1.165, 1.54) is 22.9 Å². The van der Waals surface area contributed by atoms with E-state index in [1.54, 1.807) is 16.8 Å². The van der Waals surface area contributed by atoms with Crippen LogP contribution in [-0.4, -0.2) is 9.38 Å². The maximum Gasteiger partial charge on any atom is 0.271 e. The van der Waals surface area contributed by atoms with E-state index in [1.807, 2.05) is 18.2 Å². The van der Waals surface area contributed by atoms with Gasteiger partial charge in [0.2, 0.25) is 0 Å². The Bertz CT molecular complexity index is 819. The fourth-order valence-electron chi connectivity index (χ4n) is 2.20. The predicted molar refractivity (Wildman–Crippen MR) is 81.5 cm³/mol. The lowest BCUT2D eigenvalue weighted by molar-refractivity contribution is 0.984. The standard InChI is InChI=1S/C16H14N2OS/c1-11-7-12(2)9-13(8-11)20-14-10-17-15-5-3-4-6-18(15)16(14)19/h3-10H,1-2H3. The summed E-state index contributed by atoms with van der Waals surface area (Å²) in [6, 6.07) is 11.8. The molecule has 0 amide bonds. The van der Waals surface area contributed by atoms with Gasteiger partial charge in [0, 0.05) is 17.3 Å². The van der Waals surface area contributed by atoms with Gasteiger partial charge in [0.1, 0.15) is 5.65 Å². The molecule has 4 heteroatoms. The summed E-state index contributed by atoms with van der Waals surface area (Å²) < 4.78 is 1.57. The molecule has 0 bridgehead atoms. The van der Waals surface area contributed by atoms with Gasteiger partial charge in [0.05, 0.1) is 4.90 Å². The van der Waals surface area contributed by atoms with Crippen LogP contribution in [0.5, 0.6) is 0 Å². The lowest BCUT2D eigenvalue weighted by Crippen LogP contribution is -2.15. The van der Waals surface area contributed by atoms with E-state index in [9.17, 15) is 4.79 Å². The Morgan fingerprint density at radius 1 is 1.10 bits per heavy atom. The quantitative estimate of drug-likeness (QED) is 0.722. The number of aromatic nitrogens is 2. The first kappa shape index (κ1) is 12.9. The first-order valence-electron chi connectivity index (χ1n) is 6.36. The number of hydrogen-bond donors (Lipinski definition) is 0. The van der Waals surface area contributed by atoms with Crippen LogP contribution in [0.2, 0.25) is 0 Å². The van der Waals surface area contributed by atoms with Crippen molar-refractivity contribution in [1.82, 2.24) is 9.38 Å². The molecule has 0 unspecified atom stereocenters. The molecule has 1 aromatic carbocycles. The Balaban J connectivity index is 2.07. The minimum absolute atomic E-state index is 0.0280. The van der Waals surface area contributed by atoms with Gasteiger partial charge in [-0.3, -0.25) is 9.20 Å². The van der Waals surface area contributed by atoms with Crippen molar-refractivity contribution in [2.75, 3.05) is 0 Å². The van der Waals surface area contributed by atoms with Crippen molar-refractivity contribution in [2.45, 2.75) is 23.6 Å². The Morgan fingerprint density at radius 2 is 1.85 bits per heavy atom. The molecule has 0 spiro atoms. The van der Waals surface area contributed by atoms with Gasteiger partial charge < -0.3 is 0 Å². The normalized spacial score (nSPS) is 10.9. The molecule has 3 nitrogen and oxygen atoms in total. The molecule has 0 radical (unpaired) electrons. The second-order valence-electron chi connectivity index (χ2n) is 4.78.